The van der Waals surface area contributed by atoms with Gasteiger partial charge in [-0.3, -0.25) is 19.6 Å². The van der Waals surface area contributed by atoms with Crippen LogP contribution in [-0.2, 0) is 17.1 Å². The van der Waals surface area contributed by atoms with Gasteiger partial charge in [-0.1, -0.05) is 0 Å². The molecule has 0 spiro atoms. The number of aromatic carboxylic acids is 2. The molecule has 2 aromatic heterocycles. The number of hydrogen-bond donors (Lipinski definition) is 6. The average Bonchev–Trinajstić information content (AvgIpc) is 2.37. The van der Waals surface area contributed by atoms with Crippen molar-refractivity contribution in [1.29, 1.82) is 0 Å². The SMILES string of the molecule is O.O.O=C(O)c1cc(=O)[nH]c(=O)[nH]1.O=C(O)c1cc(=O)[nH]c(=O)[nH]1.[Cu]. The molecule has 2 heterocycles. The van der Waals surface area contributed by atoms with Crippen LogP contribution >= 0.6 is 0 Å². The first-order valence-corrected chi connectivity index (χ1v) is 5.33. The van der Waals surface area contributed by atoms with Crippen molar-refractivity contribution in [3.63, 3.8) is 0 Å². The topological polar surface area (TPSA) is 269 Å². The van der Waals surface area contributed by atoms with Gasteiger partial charge < -0.3 is 31.1 Å². The number of carbonyl (C=O) groups is 2. The van der Waals surface area contributed by atoms with Crippen LogP contribution in [-0.4, -0.2) is 53.0 Å². The Hall–Kier alpha value is -3.26. The van der Waals surface area contributed by atoms with Gasteiger partial charge in [-0.2, -0.15) is 0 Å². The minimum atomic E-state index is -1.34. The van der Waals surface area contributed by atoms with Gasteiger partial charge in [0.05, 0.1) is 0 Å². The molecule has 0 aliphatic carbocycles. The largest absolute Gasteiger partial charge is 0.477 e. The third kappa shape index (κ3) is 8.82. The molecule has 2 rings (SSSR count). The van der Waals surface area contributed by atoms with E-state index in [0.29, 0.717) is 0 Å². The average molecular weight is 412 g/mol. The van der Waals surface area contributed by atoms with Crippen LogP contribution in [0.1, 0.15) is 21.0 Å². The summed E-state index contributed by atoms with van der Waals surface area (Å²) in [6.45, 7) is 0. The van der Waals surface area contributed by atoms with Gasteiger partial charge in [0.2, 0.25) is 0 Å². The maximum Gasteiger partial charge on any atom is 0.352 e. The van der Waals surface area contributed by atoms with Gasteiger partial charge in [0.1, 0.15) is 11.4 Å². The van der Waals surface area contributed by atoms with Gasteiger partial charge in [-0.15, -0.1) is 0 Å². The van der Waals surface area contributed by atoms with Crippen molar-refractivity contribution in [1.82, 2.24) is 19.9 Å². The van der Waals surface area contributed by atoms with Crippen LogP contribution in [0.15, 0.2) is 31.3 Å². The fourth-order valence-corrected chi connectivity index (χ4v) is 1.17. The van der Waals surface area contributed by atoms with Crippen molar-refractivity contribution >= 4 is 11.9 Å². The van der Waals surface area contributed by atoms with Gasteiger partial charge in [0, 0.05) is 29.2 Å². The second-order valence-electron chi connectivity index (χ2n) is 3.61. The molecular formula is C10H12CuN4O10. The van der Waals surface area contributed by atoms with Crippen LogP contribution in [0.4, 0.5) is 0 Å². The number of aromatic amines is 4. The molecule has 0 bridgehead atoms. The van der Waals surface area contributed by atoms with Crippen LogP contribution in [0.3, 0.4) is 0 Å². The summed E-state index contributed by atoms with van der Waals surface area (Å²) in [5.41, 5.74) is -3.94. The minimum Gasteiger partial charge on any atom is -0.477 e. The standard InChI is InChI=1S/2C5H4N2O4.Cu.2H2O/c2*8-3-1-2(4(9)10)6-5(11)7-3;;;/h2*1H,(H,9,10)(H2,6,7,8,11);;2*1H2. The molecule has 0 aromatic carbocycles. The Kier molecular flexibility index (Phi) is 12.0. The van der Waals surface area contributed by atoms with Gasteiger partial charge in [0.15, 0.2) is 0 Å². The molecule has 1 radical (unpaired) electrons. The van der Waals surface area contributed by atoms with Crippen LogP contribution in [0.5, 0.6) is 0 Å². The van der Waals surface area contributed by atoms with Crippen LogP contribution < -0.4 is 22.5 Å². The van der Waals surface area contributed by atoms with E-state index in [1.807, 2.05) is 19.9 Å². The van der Waals surface area contributed by atoms with E-state index >= 15 is 0 Å². The Bertz CT molecular complexity index is 806. The normalized spacial score (nSPS) is 8.32. The molecule has 0 unspecified atom stereocenters. The summed E-state index contributed by atoms with van der Waals surface area (Å²) in [4.78, 5) is 69.7. The molecule has 14 nitrogen and oxygen atoms in total. The molecule has 15 heteroatoms. The summed E-state index contributed by atoms with van der Waals surface area (Å²) in [5.74, 6) is -2.68. The molecule has 0 aliphatic rings. The molecule has 10 N–H and O–H groups in total. The molecule has 0 saturated carbocycles. The Labute approximate surface area is 145 Å². The van der Waals surface area contributed by atoms with Crippen LogP contribution in [0, 0.1) is 0 Å². The van der Waals surface area contributed by atoms with Crippen molar-refractivity contribution in [3.05, 3.63) is 65.2 Å². The molecule has 2 aromatic rings. The fourth-order valence-electron chi connectivity index (χ4n) is 1.17. The van der Waals surface area contributed by atoms with Crippen LogP contribution in [0.2, 0.25) is 0 Å². The van der Waals surface area contributed by atoms with Crippen molar-refractivity contribution in [2.75, 3.05) is 0 Å². The Morgan fingerprint density at radius 1 is 0.680 bits per heavy atom. The van der Waals surface area contributed by atoms with Crippen molar-refractivity contribution in [3.8, 4) is 0 Å². The molecule has 0 atom stereocenters. The summed E-state index contributed by atoms with van der Waals surface area (Å²) in [7, 11) is 0. The molecule has 0 aliphatic heterocycles. The maximum atomic E-state index is 10.5. The maximum absolute atomic E-state index is 10.5. The Balaban J connectivity index is -0.000000346. The number of H-pyrrole nitrogens is 4. The second-order valence-corrected chi connectivity index (χ2v) is 3.61. The van der Waals surface area contributed by atoms with Gasteiger partial charge >= 0.3 is 23.3 Å². The van der Waals surface area contributed by atoms with Gasteiger partial charge in [-0.05, 0) is 0 Å². The molecule has 0 fully saturated rings. The number of nitrogens with one attached hydrogen (secondary N) is 4. The fraction of sp³-hybridized carbons (Fsp3) is 0. The Morgan fingerprint density at radius 2 is 0.960 bits per heavy atom. The number of rotatable bonds is 2. The summed E-state index contributed by atoms with van der Waals surface area (Å²) in [6.07, 6.45) is 0. The quantitative estimate of drug-likeness (QED) is 0.263. The molecule has 0 saturated heterocycles. The second kappa shape index (κ2) is 11.3. The number of hydrogen-bond acceptors (Lipinski definition) is 6. The third-order valence-corrected chi connectivity index (χ3v) is 1.98. The molecular weight excluding hydrogens is 400 g/mol. The first-order valence-electron chi connectivity index (χ1n) is 5.33. The monoisotopic (exact) mass is 411 g/mol. The van der Waals surface area contributed by atoms with E-state index in [1.54, 1.807) is 0 Å². The minimum absolute atomic E-state index is 0. The predicted octanol–water partition coefficient (Wildman–Crippen LogP) is -4.13. The van der Waals surface area contributed by atoms with Crippen molar-refractivity contribution < 1.29 is 47.8 Å². The van der Waals surface area contributed by atoms with E-state index < -0.39 is 45.8 Å². The summed E-state index contributed by atoms with van der Waals surface area (Å²) < 4.78 is 0. The predicted molar refractivity (Wildman–Crippen MR) is 76.5 cm³/mol. The smallest absolute Gasteiger partial charge is 0.352 e. The first kappa shape index (κ1) is 26.6. The summed E-state index contributed by atoms with van der Waals surface area (Å²) in [6, 6.07) is 1.59. The van der Waals surface area contributed by atoms with Crippen molar-refractivity contribution in [2.45, 2.75) is 0 Å². The number of carboxylic acids is 2. The molecule has 25 heavy (non-hydrogen) atoms. The van der Waals surface area contributed by atoms with E-state index in [4.69, 9.17) is 10.2 Å². The first-order chi connectivity index (χ1) is 10.2. The van der Waals surface area contributed by atoms with E-state index in [2.05, 4.69) is 0 Å². The van der Waals surface area contributed by atoms with Crippen molar-refractivity contribution in [2.24, 2.45) is 0 Å². The summed E-state index contributed by atoms with van der Waals surface area (Å²) >= 11 is 0. The third-order valence-electron chi connectivity index (χ3n) is 1.98. The van der Waals surface area contributed by atoms with E-state index in [9.17, 15) is 28.8 Å². The number of aromatic nitrogens is 4. The van der Waals surface area contributed by atoms with E-state index in [-0.39, 0.29) is 28.0 Å². The van der Waals surface area contributed by atoms with Gasteiger partial charge in [0.25, 0.3) is 11.1 Å². The molecule has 0 amide bonds. The van der Waals surface area contributed by atoms with Crippen LogP contribution in [0.25, 0.3) is 0 Å². The molecule has 143 valence electrons. The summed E-state index contributed by atoms with van der Waals surface area (Å²) in [5, 5.41) is 16.6. The van der Waals surface area contributed by atoms with Gasteiger partial charge in [-0.25, -0.2) is 19.2 Å². The zero-order valence-electron chi connectivity index (χ0n) is 11.8. The zero-order valence-corrected chi connectivity index (χ0v) is 12.7. The van der Waals surface area contributed by atoms with E-state index in [1.165, 1.54) is 0 Å². The Morgan fingerprint density at radius 3 is 1.16 bits per heavy atom. The zero-order chi connectivity index (χ0) is 16.9. The van der Waals surface area contributed by atoms with E-state index in [0.717, 1.165) is 12.1 Å². The number of carboxylic acid groups (broad SMARTS) is 2.